The monoisotopic (exact) mass is 282 g/mol. The largest absolute Gasteiger partial charge is 0.347 e. The lowest BCUT2D eigenvalue weighted by Gasteiger charge is -2.16. The Balaban J connectivity index is 1.78. The minimum absolute atomic E-state index is 0.0472. The van der Waals surface area contributed by atoms with E-state index in [2.05, 4.69) is 20.8 Å². The van der Waals surface area contributed by atoms with E-state index in [1.54, 1.807) is 20.8 Å². The molecule has 2 rings (SSSR count). The maximum absolute atomic E-state index is 11.7. The molecule has 1 aliphatic carbocycles. The average Bonchev–Trinajstić information content (AvgIpc) is 3.06. The zero-order valence-electron chi connectivity index (χ0n) is 11.3. The van der Waals surface area contributed by atoms with Crippen LogP contribution in [0.5, 0.6) is 0 Å². The Labute approximate surface area is 116 Å². The second kappa shape index (κ2) is 5.24. The summed E-state index contributed by atoms with van der Waals surface area (Å²) in [4.78, 5) is 23.3. The van der Waals surface area contributed by atoms with Gasteiger partial charge in [0.25, 0.3) is 0 Å². The van der Waals surface area contributed by atoms with Gasteiger partial charge in [0.2, 0.25) is 16.9 Å². The van der Waals surface area contributed by atoms with E-state index >= 15 is 0 Å². The van der Waals surface area contributed by atoms with Crippen molar-refractivity contribution in [2.24, 2.45) is 5.41 Å². The van der Waals surface area contributed by atoms with Gasteiger partial charge in [-0.3, -0.25) is 14.9 Å². The Hall–Kier alpha value is -1.50. The molecule has 1 fully saturated rings. The van der Waals surface area contributed by atoms with Gasteiger partial charge >= 0.3 is 0 Å². The van der Waals surface area contributed by atoms with E-state index in [4.69, 9.17) is 0 Å². The molecule has 0 radical (unpaired) electrons. The Morgan fingerprint density at radius 2 is 2.00 bits per heavy atom. The first kappa shape index (κ1) is 13.9. The van der Waals surface area contributed by atoms with Gasteiger partial charge in [0.05, 0.1) is 6.54 Å². The summed E-state index contributed by atoms with van der Waals surface area (Å²) >= 11 is 1.40. The molecule has 19 heavy (non-hydrogen) atoms. The molecule has 0 atom stereocenters. The van der Waals surface area contributed by atoms with Crippen molar-refractivity contribution in [3.05, 3.63) is 5.01 Å². The molecule has 1 saturated carbocycles. The molecule has 0 bridgehead atoms. The Morgan fingerprint density at radius 3 is 2.58 bits per heavy atom. The highest BCUT2D eigenvalue weighted by Crippen LogP contribution is 2.41. The van der Waals surface area contributed by atoms with E-state index < -0.39 is 5.41 Å². The predicted molar refractivity (Wildman–Crippen MR) is 73.0 cm³/mol. The third kappa shape index (κ3) is 3.99. The average molecular weight is 282 g/mol. The molecule has 0 aromatic carbocycles. The number of rotatable bonds is 4. The van der Waals surface area contributed by atoms with Gasteiger partial charge in [-0.15, -0.1) is 10.2 Å². The molecule has 2 N–H and O–H groups in total. The topological polar surface area (TPSA) is 84.0 Å². The van der Waals surface area contributed by atoms with Crippen LogP contribution in [0.15, 0.2) is 0 Å². The van der Waals surface area contributed by atoms with Crippen LogP contribution >= 0.6 is 11.3 Å². The lowest BCUT2D eigenvalue weighted by atomic mass is 9.96. The Bertz CT molecular complexity index is 488. The molecule has 1 aromatic rings. The van der Waals surface area contributed by atoms with E-state index in [-0.39, 0.29) is 18.4 Å². The zero-order valence-corrected chi connectivity index (χ0v) is 12.1. The smallest absolute Gasteiger partial charge is 0.245 e. The highest BCUT2D eigenvalue weighted by molar-refractivity contribution is 7.15. The first-order chi connectivity index (χ1) is 8.86. The number of nitrogens with zero attached hydrogens (tertiary/aromatic N) is 2. The number of hydrogen-bond acceptors (Lipinski definition) is 5. The Morgan fingerprint density at radius 1 is 1.32 bits per heavy atom. The fourth-order valence-corrected chi connectivity index (χ4v) is 2.30. The fourth-order valence-electron chi connectivity index (χ4n) is 1.37. The van der Waals surface area contributed by atoms with Crippen LogP contribution in [-0.2, 0) is 9.59 Å². The van der Waals surface area contributed by atoms with Gasteiger partial charge in [0.1, 0.15) is 5.01 Å². The number of carbonyl (C=O) groups is 2. The van der Waals surface area contributed by atoms with Gasteiger partial charge in [-0.25, -0.2) is 0 Å². The lowest BCUT2D eigenvalue weighted by Crippen LogP contribution is -2.39. The summed E-state index contributed by atoms with van der Waals surface area (Å²) in [5, 5.41) is 14.7. The van der Waals surface area contributed by atoms with E-state index in [9.17, 15) is 9.59 Å². The molecule has 1 aromatic heterocycles. The molecule has 6 nitrogen and oxygen atoms in total. The standard InChI is InChI=1S/C12H18N4O2S/c1-12(2,3)10(18)13-6-8(17)14-11-16-15-9(19-11)7-4-5-7/h7H,4-6H2,1-3H3,(H,13,18)(H,14,16,17). The molecule has 0 saturated heterocycles. The van der Waals surface area contributed by atoms with Crippen LogP contribution in [0.3, 0.4) is 0 Å². The maximum Gasteiger partial charge on any atom is 0.245 e. The summed E-state index contributed by atoms with van der Waals surface area (Å²) in [6.45, 7) is 5.35. The van der Waals surface area contributed by atoms with Crippen molar-refractivity contribution in [2.45, 2.75) is 39.5 Å². The van der Waals surface area contributed by atoms with E-state index in [1.807, 2.05) is 0 Å². The predicted octanol–water partition coefficient (Wildman–Crippen LogP) is 1.52. The highest BCUT2D eigenvalue weighted by atomic mass is 32.1. The van der Waals surface area contributed by atoms with Crippen LogP contribution in [0.4, 0.5) is 5.13 Å². The molecule has 1 aliphatic rings. The molecule has 104 valence electrons. The van der Waals surface area contributed by atoms with Gasteiger partial charge in [-0.1, -0.05) is 32.1 Å². The second-order valence-corrected chi connectivity index (χ2v) is 6.71. The molecular formula is C12H18N4O2S. The first-order valence-corrected chi connectivity index (χ1v) is 7.09. The van der Waals surface area contributed by atoms with Crippen LogP contribution in [-0.4, -0.2) is 28.6 Å². The van der Waals surface area contributed by atoms with E-state index in [0.29, 0.717) is 11.0 Å². The van der Waals surface area contributed by atoms with Crippen LogP contribution in [0.2, 0.25) is 0 Å². The molecule has 0 unspecified atom stereocenters. The van der Waals surface area contributed by atoms with Crippen LogP contribution in [0, 0.1) is 5.41 Å². The normalized spacial score (nSPS) is 15.1. The number of carbonyl (C=O) groups excluding carboxylic acids is 2. The summed E-state index contributed by atoms with van der Waals surface area (Å²) < 4.78 is 0. The quantitative estimate of drug-likeness (QED) is 0.877. The van der Waals surface area contributed by atoms with E-state index in [0.717, 1.165) is 17.8 Å². The minimum atomic E-state index is -0.498. The number of amides is 2. The maximum atomic E-state index is 11.7. The van der Waals surface area contributed by atoms with Crippen molar-refractivity contribution in [3.63, 3.8) is 0 Å². The van der Waals surface area contributed by atoms with Crippen molar-refractivity contribution >= 4 is 28.3 Å². The summed E-state index contributed by atoms with van der Waals surface area (Å²) in [5.74, 6) is 0.0958. The summed E-state index contributed by atoms with van der Waals surface area (Å²) in [6, 6.07) is 0. The third-order valence-electron chi connectivity index (χ3n) is 2.70. The number of nitrogens with one attached hydrogen (secondary N) is 2. The molecule has 1 heterocycles. The van der Waals surface area contributed by atoms with Crippen molar-refractivity contribution in [3.8, 4) is 0 Å². The summed E-state index contributed by atoms with van der Waals surface area (Å²) in [7, 11) is 0. The van der Waals surface area contributed by atoms with Gasteiger partial charge in [0.15, 0.2) is 0 Å². The first-order valence-electron chi connectivity index (χ1n) is 6.28. The summed E-state index contributed by atoms with van der Waals surface area (Å²) in [5.41, 5.74) is -0.498. The van der Waals surface area contributed by atoms with Crippen LogP contribution in [0.1, 0.15) is 44.5 Å². The van der Waals surface area contributed by atoms with Crippen LogP contribution < -0.4 is 10.6 Å². The van der Waals surface area contributed by atoms with Gasteiger partial charge in [-0.05, 0) is 12.8 Å². The van der Waals surface area contributed by atoms with Crippen molar-refractivity contribution in [1.29, 1.82) is 0 Å². The van der Waals surface area contributed by atoms with Gasteiger partial charge < -0.3 is 5.32 Å². The number of aromatic nitrogens is 2. The Kier molecular flexibility index (Phi) is 3.84. The molecular weight excluding hydrogens is 264 g/mol. The minimum Gasteiger partial charge on any atom is -0.347 e. The van der Waals surface area contributed by atoms with Crippen LogP contribution in [0.25, 0.3) is 0 Å². The summed E-state index contributed by atoms with van der Waals surface area (Å²) in [6.07, 6.45) is 2.31. The molecule has 2 amide bonds. The molecule has 0 aliphatic heterocycles. The highest BCUT2D eigenvalue weighted by Gasteiger charge is 2.28. The van der Waals surface area contributed by atoms with Gasteiger partial charge in [0, 0.05) is 11.3 Å². The second-order valence-electron chi connectivity index (χ2n) is 5.70. The number of hydrogen-bond donors (Lipinski definition) is 2. The lowest BCUT2D eigenvalue weighted by molar-refractivity contribution is -0.130. The third-order valence-corrected chi connectivity index (χ3v) is 3.71. The fraction of sp³-hybridized carbons (Fsp3) is 0.667. The van der Waals surface area contributed by atoms with Crippen molar-refractivity contribution < 1.29 is 9.59 Å². The SMILES string of the molecule is CC(C)(C)C(=O)NCC(=O)Nc1nnc(C2CC2)s1. The molecule has 0 spiro atoms. The molecule has 7 heteroatoms. The number of anilines is 1. The van der Waals surface area contributed by atoms with Gasteiger partial charge in [-0.2, -0.15) is 0 Å². The van der Waals surface area contributed by atoms with Crippen molar-refractivity contribution in [1.82, 2.24) is 15.5 Å². The zero-order chi connectivity index (χ0) is 14.0. The van der Waals surface area contributed by atoms with Crippen molar-refractivity contribution in [2.75, 3.05) is 11.9 Å². The van der Waals surface area contributed by atoms with E-state index in [1.165, 1.54) is 11.3 Å².